The molecule has 1 aliphatic rings. The SMILES string of the molecule is CN(C(=O)N1CCNCC1COc1cccnc1)c1ccccc1.Cl.Cl. The fourth-order valence-corrected chi connectivity index (χ4v) is 2.74. The van der Waals surface area contributed by atoms with Crippen molar-refractivity contribution in [3.8, 4) is 5.75 Å². The van der Waals surface area contributed by atoms with Gasteiger partial charge in [-0.3, -0.25) is 9.88 Å². The molecule has 2 amide bonds. The number of halogens is 2. The number of urea groups is 1. The van der Waals surface area contributed by atoms with E-state index in [4.69, 9.17) is 4.74 Å². The molecule has 0 aliphatic carbocycles. The Bertz CT molecular complexity index is 661. The second-order valence-electron chi connectivity index (χ2n) is 5.73. The first-order valence-electron chi connectivity index (χ1n) is 8.08. The number of hydrogen-bond acceptors (Lipinski definition) is 4. The summed E-state index contributed by atoms with van der Waals surface area (Å²) >= 11 is 0. The summed E-state index contributed by atoms with van der Waals surface area (Å²) in [6, 6.07) is 13.3. The Hall–Kier alpha value is -2.02. The largest absolute Gasteiger partial charge is 0.490 e. The summed E-state index contributed by atoms with van der Waals surface area (Å²) in [4.78, 5) is 20.5. The first-order valence-corrected chi connectivity index (χ1v) is 8.08. The molecule has 142 valence electrons. The van der Waals surface area contributed by atoms with Crippen LogP contribution in [0.15, 0.2) is 54.9 Å². The van der Waals surface area contributed by atoms with Gasteiger partial charge in [-0.1, -0.05) is 18.2 Å². The third-order valence-electron chi connectivity index (χ3n) is 4.10. The van der Waals surface area contributed by atoms with Crippen molar-refractivity contribution in [2.24, 2.45) is 0 Å². The van der Waals surface area contributed by atoms with Gasteiger partial charge in [-0.05, 0) is 24.3 Å². The molecule has 1 aromatic carbocycles. The Morgan fingerprint density at radius 1 is 1.27 bits per heavy atom. The molecule has 1 aliphatic heterocycles. The Morgan fingerprint density at radius 2 is 2.04 bits per heavy atom. The van der Waals surface area contributed by atoms with E-state index < -0.39 is 0 Å². The number of hydrogen-bond donors (Lipinski definition) is 1. The minimum absolute atomic E-state index is 0. The van der Waals surface area contributed by atoms with Gasteiger partial charge in [0.15, 0.2) is 0 Å². The zero-order valence-corrected chi connectivity index (χ0v) is 16.2. The molecule has 1 N–H and O–H groups in total. The first kappa shape index (κ1) is 22.0. The van der Waals surface area contributed by atoms with Gasteiger partial charge in [0.25, 0.3) is 0 Å². The zero-order chi connectivity index (χ0) is 16.8. The minimum atomic E-state index is -0.0161. The van der Waals surface area contributed by atoms with Crippen molar-refractivity contribution in [1.82, 2.24) is 15.2 Å². The number of carbonyl (C=O) groups is 1. The lowest BCUT2D eigenvalue weighted by Crippen LogP contribution is -2.58. The summed E-state index contributed by atoms with van der Waals surface area (Å²) in [5.41, 5.74) is 0.882. The zero-order valence-electron chi connectivity index (χ0n) is 14.6. The number of para-hydroxylation sites is 1. The summed E-state index contributed by atoms with van der Waals surface area (Å²) in [5.74, 6) is 0.715. The number of amides is 2. The fourth-order valence-electron chi connectivity index (χ4n) is 2.74. The van der Waals surface area contributed by atoms with E-state index in [9.17, 15) is 4.79 Å². The van der Waals surface area contributed by atoms with Gasteiger partial charge < -0.3 is 15.0 Å². The summed E-state index contributed by atoms with van der Waals surface area (Å²) in [5, 5.41) is 3.33. The van der Waals surface area contributed by atoms with Gasteiger partial charge >= 0.3 is 6.03 Å². The van der Waals surface area contributed by atoms with E-state index in [0.717, 1.165) is 12.2 Å². The van der Waals surface area contributed by atoms with Crippen LogP contribution in [0.1, 0.15) is 0 Å². The highest BCUT2D eigenvalue weighted by molar-refractivity contribution is 5.91. The second-order valence-corrected chi connectivity index (χ2v) is 5.73. The number of aromatic nitrogens is 1. The van der Waals surface area contributed by atoms with E-state index in [0.29, 0.717) is 25.4 Å². The minimum Gasteiger partial charge on any atom is -0.490 e. The molecule has 1 unspecified atom stereocenters. The van der Waals surface area contributed by atoms with E-state index in [1.807, 2.05) is 47.4 Å². The highest BCUT2D eigenvalue weighted by Gasteiger charge is 2.29. The van der Waals surface area contributed by atoms with Crippen molar-refractivity contribution < 1.29 is 9.53 Å². The summed E-state index contributed by atoms with van der Waals surface area (Å²) in [7, 11) is 1.80. The third-order valence-corrected chi connectivity index (χ3v) is 4.10. The topological polar surface area (TPSA) is 57.7 Å². The van der Waals surface area contributed by atoms with Crippen molar-refractivity contribution in [3.63, 3.8) is 0 Å². The van der Waals surface area contributed by atoms with E-state index >= 15 is 0 Å². The van der Waals surface area contributed by atoms with Crippen LogP contribution in [0.25, 0.3) is 0 Å². The Labute approximate surface area is 166 Å². The Kier molecular flexibility index (Phi) is 9.19. The molecule has 1 fully saturated rings. The highest BCUT2D eigenvalue weighted by Crippen LogP contribution is 2.16. The Morgan fingerprint density at radius 3 is 2.73 bits per heavy atom. The number of ether oxygens (including phenoxy) is 1. The van der Waals surface area contributed by atoms with Gasteiger partial charge in [-0.2, -0.15) is 0 Å². The number of pyridine rings is 1. The van der Waals surface area contributed by atoms with Crippen LogP contribution in [0.3, 0.4) is 0 Å². The maximum Gasteiger partial charge on any atom is 0.324 e. The number of carbonyl (C=O) groups excluding carboxylic acids is 1. The van der Waals surface area contributed by atoms with E-state index in [1.54, 1.807) is 24.3 Å². The van der Waals surface area contributed by atoms with Gasteiger partial charge in [0.2, 0.25) is 0 Å². The maximum absolute atomic E-state index is 12.9. The Balaban J connectivity index is 0.00000169. The van der Waals surface area contributed by atoms with Crippen LogP contribution in [-0.2, 0) is 0 Å². The molecular weight excluding hydrogens is 375 g/mol. The van der Waals surface area contributed by atoms with Gasteiger partial charge in [0, 0.05) is 38.6 Å². The normalized spacial score (nSPS) is 16.0. The van der Waals surface area contributed by atoms with Crippen LogP contribution >= 0.6 is 24.8 Å². The van der Waals surface area contributed by atoms with Crippen molar-refractivity contribution in [3.05, 3.63) is 54.9 Å². The molecule has 6 nitrogen and oxygen atoms in total. The van der Waals surface area contributed by atoms with E-state index in [1.165, 1.54) is 0 Å². The number of piperazine rings is 1. The molecule has 1 atom stereocenters. The lowest BCUT2D eigenvalue weighted by atomic mass is 10.2. The molecule has 1 aromatic heterocycles. The van der Waals surface area contributed by atoms with Gasteiger partial charge in [0.05, 0.1) is 12.2 Å². The fraction of sp³-hybridized carbons (Fsp3) is 0.333. The summed E-state index contributed by atoms with van der Waals surface area (Å²) in [6.07, 6.45) is 3.39. The first-order chi connectivity index (χ1) is 11.8. The average Bonchev–Trinajstić information content (AvgIpc) is 2.67. The molecular formula is C18H24Cl2N4O2. The molecule has 0 radical (unpaired) electrons. The highest BCUT2D eigenvalue weighted by atomic mass is 35.5. The maximum atomic E-state index is 12.9. The van der Waals surface area contributed by atoms with Crippen LogP contribution < -0.4 is 15.0 Å². The molecule has 0 saturated carbocycles. The molecule has 0 spiro atoms. The van der Waals surface area contributed by atoms with E-state index in [2.05, 4.69) is 10.3 Å². The molecule has 2 aromatic rings. The number of nitrogens with zero attached hydrogens (tertiary/aromatic N) is 3. The molecule has 1 saturated heterocycles. The smallest absolute Gasteiger partial charge is 0.324 e. The molecule has 26 heavy (non-hydrogen) atoms. The van der Waals surface area contributed by atoms with Crippen LogP contribution in [0.2, 0.25) is 0 Å². The second kappa shape index (κ2) is 10.9. The standard InChI is InChI=1S/C18H22N4O2.2ClH/c1-21(15-6-3-2-4-7-15)18(23)22-11-10-20-12-16(22)14-24-17-8-5-9-19-13-17;;/h2-9,13,16,20H,10-12,14H2,1H3;2*1H. The van der Waals surface area contributed by atoms with Crippen LogP contribution in [0.5, 0.6) is 5.75 Å². The number of anilines is 1. The quantitative estimate of drug-likeness (QED) is 0.859. The monoisotopic (exact) mass is 398 g/mol. The van der Waals surface area contributed by atoms with Crippen LogP contribution in [0.4, 0.5) is 10.5 Å². The van der Waals surface area contributed by atoms with Gasteiger partial charge in [0.1, 0.15) is 12.4 Å². The molecule has 8 heteroatoms. The van der Waals surface area contributed by atoms with Gasteiger partial charge in [-0.15, -0.1) is 24.8 Å². The molecule has 0 bridgehead atoms. The van der Waals surface area contributed by atoms with Crippen LogP contribution in [-0.4, -0.2) is 55.2 Å². The summed E-state index contributed by atoms with van der Waals surface area (Å²) in [6.45, 7) is 2.61. The molecule has 2 heterocycles. The predicted octanol–water partition coefficient (Wildman–Crippen LogP) is 2.83. The number of nitrogens with one attached hydrogen (secondary N) is 1. The number of benzene rings is 1. The van der Waals surface area contributed by atoms with Crippen molar-refractivity contribution in [1.29, 1.82) is 0 Å². The molecule has 3 rings (SSSR count). The number of rotatable bonds is 4. The predicted molar refractivity (Wildman–Crippen MR) is 108 cm³/mol. The van der Waals surface area contributed by atoms with Crippen molar-refractivity contribution in [2.75, 3.05) is 38.2 Å². The lowest BCUT2D eigenvalue weighted by molar-refractivity contribution is 0.129. The average molecular weight is 399 g/mol. The van der Waals surface area contributed by atoms with E-state index in [-0.39, 0.29) is 36.9 Å². The van der Waals surface area contributed by atoms with Crippen molar-refractivity contribution >= 4 is 36.5 Å². The summed E-state index contributed by atoms with van der Waals surface area (Å²) < 4.78 is 5.80. The lowest BCUT2D eigenvalue weighted by Gasteiger charge is -2.38. The van der Waals surface area contributed by atoms with Crippen molar-refractivity contribution in [2.45, 2.75) is 6.04 Å². The van der Waals surface area contributed by atoms with Gasteiger partial charge in [-0.25, -0.2) is 4.79 Å². The third kappa shape index (κ3) is 5.49. The van der Waals surface area contributed by atoms with Crippen LogP contribution in [0, 0.1) is 0 Å².